The molecule has 2 heterocycles. The molecule has 4 rings (SSSR count). The standard InChI is InChI=1S/C23H23NO5S/c1-28-22(26)17-9-7-16(8-10-17)19-12-11-18(29-19)13-20-21(25)24(23(27)30-20)14-15-5-3-2-4-6-15/h7-13,15H,2-6,14H2,1H3. The number of hydrogen-bond acceptors (Lipinski definition) is 6. The molecule has 2 aromatic rings. The number of furan rings is 1. The van der Waals surface area contributed by atoms with Crippen LogP contribution in [-0.2, 0) is 9.53 Å². The molecule has 30 heavy (non-hydrogen) atoms. The van der Waals surface area contributed by atoms with Crippen LogP contribution in [0.2, 0.25) is 0 Å². The van der Waals surface area contributed by atoms with Crippen molar-refractivity contribution in [3.63, 3.8) is 0 Å². The van der Waals surface area contributed by atoms with Gasteiger partial charge in [0.1, 0.15) is 11.5 Å². The van der Waals surface area contributed by atoms with Gasteiger partial charge in [-0.1, -0.05) is 31.4 Å². The average molecular weight is 426 g/mol. The Kier molecular flexibility index (Phi) is 6.08. The predicted molar refractivity (Wildman–Crippen MR) is 115 cm³/mol. The summed E-state index contributed by atoms with van der Waals surface area (Å²) in [6.07, 6.45) is 7.37. The maximum atomic E-state index is 12.7. The number of carbonyl (C=O) groups excluding carboxylic acids is 3. The van der Waals surface area contributed by atoms with E-state index in [0.29, 0.717) is 34.5 Å². The number of imide groups is 1. The van der Waals surface area contributed by atoms with E-state index < -0.39 is 5.97 Å². The largest absolute Gasteiger partial charge is 0.465 e. The number of hydrogen-bond donors (Lipinski definition) is 0. The fourth-order valence-corrected chi connectivity index (χ4v) is 4.72. The molecule has 0 unspecified atom stereocenters. The lowest BCUT2D eigenvalue weighted by Gasteiger charge is -2.25. The SMILES string of the molecule is COC(=O)c1ccc(-c2ccc(C=C3SC(=O)N(CC4CCCCC4)C3=O)o2)cc1. The van der Waals surface area contributed by atoms with Crippen LogP contribution in [0.1, 0.15) is 48.2 Å². The Labute approximate surface area is 179 Å². The van der Waals surface area contributed by atoms with E-state index >= 15 is 0 Å². The zero-order chi connectivity index (χ0) is 21.1. The molecule has 0 atom stereocenters. The molecule has 0 N–H and O–H groups in total. The molecule has 0 bridgehead atoms. The van der Waals surface area contributed by atoms with E-state index in [-0.39, 0.29) is 11.1 Å². The van der Waals surface area contributed by atoms with Crippen molar-refractivity contribution in [2.75, 3.05) is 13.7 Å². The van der Waals surface area contributed by atoms with E-state index in [1.54, 1.807) is 42.5 Å². The lowest BCUT2D eigenvalue weighted by atomic mass is 9.89. The normalized spacial score (nSPS) is 19.0. The summed E-state index contributed by atoms with van der Waals surface area (Å²) in [6.45, 7) is 0.512. The second-order valence-electron chi connectivity index (χ2n) is 7.57. The minimum Gasteiger partial charge on any atom is -0.465 e. The van der Waals surface area contributed by atoms with Gasteiger partial charge in [-0.2, -0.15) is 0 Å². The van der Waals surface area contributed by atoms with Crippen LogP contribution in [0.3, 0.4) is 0 Å². The highest BCUT2D eigenvalue weighted by Crippen LogP contribution is 2.35. The third-order valence-electron chi connectivity index (χ3n) is 5.53. The van der Waals surface area contributed by atoms with Gasteiger partial charge in [-0.15, -0.1) is 0 Å². The average Bonchev–Trinajstić information content (AvgIpc) is 3.34. The molecule has 1 aliphatic heterocycles. The van der Waals surface area contributed by atoms with E-state index in [1.807, 2.05) is 0 Å². The van der Waals surface area contributed by atoms with Gasteiger partial charge < -0.3 is 9.15 Å². The van der Waals surface area contributed by atoms with Gasteiger partial charge in [0.05, 0.1) is 17.6 Å². The summed E-state index contributed by atoms with van der Waals surface area (Å²) in [5.74, 6) is 0.890. The van der Waals surface area contributed by atoms with Crippen molar-refractivity contribution in [1.29, 1.82) is 0 Å². The predicted octanol–water partition coefficient (Wildman–Crippen LogP) is 5.35. The number of methoxy groups -OCH3 is 1. The van der Waals surface area contributed by atoms with Gasteiger partial charge in [-0.25, -0.2) is 4.79 Å². The van der Waals surface area contributed by atoms with Crippen LogP contribution in [0.15, 0.2) is 45.7 Å². The van der Waals surface area contributed by atoms with Crippen LogP contribution >= 0.6 is 11.8 Å². The first-order valence-electron chi connectivity index (χ1n) is 10.1. The van der Waals surface area contributed by atoms with E-state index in [0.717, 1.165) is 30.2 Å². The van der Waals surface area contributed by atoms with E-state index in [1.165, 1.54) is 31.3 Å². The summed E-state index contributed by atoms with van der Waals surface area (Å²) in [5.41, 5.74) is 1.26. The van der Waals surface area contributed by atoms with Gasteiger partial charge in [0.25, 0.3) is 11.1 Å². The summed E-state index contributed by atoms with van der Waals surface area (Å²) in [4.78, 5) is 38.4. The minimum atomic E-state index is -0.398. The number of esters is 1. The van der Waals surface area contributed by atoms with Crippen molar-refractivity contribution in [1.82, 2.24) is 4.90 Å². The Hall–Kier alpha value is -2.80. The summed E-state index contributed by atoms with van der Waals surface area (Å²) in [5, 5.41) is -0.206. The highest BCUT2D eigenvalue weighted by molar-refractivity contribution is 8.18. The maximum absolute atomic E-state index is 12.7. The molecule has 2 amide bonds. The molecule has 1 aliphatic carbocycles. The fraction of sp³-hybridized carbons (Fsp3) is 0.348. The molecular weight excluding hydrogens is 402 g/mol. The first kappa shape index (κ1) is 20.5. The molecule has 0 radical (unpaired) electrons. The molecule has 1 aromatic heterocycles. The smallest absolute Gasteiger partial charge is 0.337 e. The number of nitrogens with zero attached hydrogens (tertiary/aromatic N) is 1. The minimum absolute atomic E-state index is 0.206. The highest BCUT2D eigenvalue weighted by Gasteiger charge is 2.36. The number of amides is 2. The molecule has 2 fully saturated rings. The lowest BCUT2D eigenvalue weighted by Crippen LogP contribution is -2.34. The zero-order valence-electron chi connectivity index (χ0n) is 16.8. The second-order valence-corrected chi connectivity index (χ2v) is 8.56. The van der Waals surface area contributed by atoms with Crippen molar-refractivity contribution in [2.45, 2.75) is 32.1 Å². The first-order valence-corrected chi connectivity index (χ1v) is 10.9. The molecular formula is C23H23NO5S. The van der Waals surface area contributed by atoms with Gasteiger partial charge in [0, 0.05) is 18.2 Å². The van der Waals surface area contributed by atoms with Crippen LogP contribution in [0.4, 0.5) is 4.79 Å². The Morgan fingerprint density at radius 2 is 1.87 bits per heavy atom. The van der Waals surface area contributed by atoms with Crippen molar-refractivity contribution in [2.24, 2.45) is 5.92 Å². The van der Waals surface area contributed by atoms with Crippen molar-refractivity contribution >= 4 is 35.0 Å². The molecule has 6 nitrogen and oxygen atoms in total. The number of benzene rings is 1. The molecule has 2 aliphatic rings. The summed E-state index contributed by atoms with van der Waals surface area (Å²) in [6, 6.07) is 10.4. The zero-order valence-corrected chi connectivity index (χ0v) is 17.6. The summed E-state index contributed by atoms with van der Waals surface area (Å²) >= 11 is 0.965. The Bertz CT molecular complexity index is 985. The van der Waals surface area contributed by atoms with E-state index in [9.17, 15) is 14.4 Å². The number of carbonyl (C=O) groups is 3. The first-order chi connectivity index (χ1) is 14.5. The van der Waals surface area contributed by atoms with Gasteiger partial charge >= 0.3 is 5.97 Å². The molecule has 7 heteroatoms. The summed E-state index contributed by atoms with van der Waals surface area (Å²) in [7, 11) is 1.34. The Balaban J connectivity index is 1.46. The van der Waals surface area contributed by atoms with Crippen LogP contribution in [0, 0.1) is 5.92 Å². The third kappa shape index (κ3) is 4.36. The molecule has 1 saturated heterocycles. The number of ether oxygens (including phenoxy) is 1. The Morgan fingerprint density at radius 1 is 1.13 bits per heavy atom. The van der Waals surface area contributed by atoms with Crippen molar-refractivity contribution in [3.8, 4) is 11.3 Å². The van der Waals surface area contributed by atoms with Gasteiger partial charge in [-0.3, -0.25) is 14.5 Å². The number of rotatable bonds is 5. The molecule has 1 aromatic carbocycles. The topological polar surface area (TPSA) is 76.8 Å². The molecule has 0 spiro atoms. The van der Waals surface area contributed by atoms with Gasteiger partial charge in [0.2, 0.25) is 0 Å². The summed E-state index contributed by atoms with van der Waals surface area (Å²) < 4.78 is 10.5. The maximum Gasteiger partial charge on any atom is 0.337 e. The van der Waals surface area contributed by atoms with E-state index in [2.05, 4.69) is 0 Å². The Morgan fingerprint density at radius 3 is 2.57 bits per heavy atom. The molecule has 1 saturated carbocycles. The van der Waals surface area contributed by atoms with Crippen LogP contribution < -0.4 is 0 Å². The second kappa shape index (κ2) is 8.92. The third-order valence-corrected chi connectivity index (χ3v) is 6.44. The fourth-order valence-electron chi connectivity index (χ4n) is 3.89. The van der Waals surface area contributed by atoms with Crippen LogP contribution in [0.5, 0.6) is 0 Å². The quantitative estimate of drug-likeness (QED) is 0.475. The van der Waals surface area contributed by atoms with E-state index in [4.69, 9.17) is 9.15 Å². The number of thioether (sulfide) groups is 1. The van der Waals surface area contributed by atoms with Gasteiger partial charge in [0.15, 0.2) is 0 Å². The molecule has 156 valence electrons. The van der Waals surface area contributed by atoms with Crippen molar-refractivity contribution < 1.29 is 23.5 Å². The highest BCUT2D eigenvalue weighted by atomic mass is 32.2. The lowest BCUT2D eigenvalue weighted by molar-refractivity contribution is -0.123. The van der Waals surface area contributed by atoms with Gasteiger partial charge in [-0.05, 0) is 54.8 Å². The van der Waals surface area contributed by atoms with Crippen LogP contribution in [0.25, 0.3) is 17.4 Å². The van der Waals surface area contributed by atoms with Crippen LogP contribution in [-0.4, -0.2) is 35.7 Å². The van der Waals surface area contributed by atoms with Crippen molar-refractivity contribution in [3.05, 3.63) is 52.6 Å². The monoisotopic (exact) mass is 425 g/mol.